The third kappa shape index (κ3) is 6.63. The van der Waals surface area contributed by atoms with Crippen molar-refractivity contribution >= 4 is 40.7 Å². The summed E-state index contributed by atoms with van der Waals surface area (Å²) in [5.41, 5.74) is 0.240. The zero-order valence-corrected chi connectivity index (χ0v) is 23.1. The maximum absolute atomic E-state index is 12.9. The lowest BCUT2D eigenvalue weighted by atomic mass is 9.81. The highest BCUT2D eigenvalue weighted by molar-refractivity contribution is 8.16. The molecular formula is C27H33N5O5S. The number of aliphatic imine (C=N–C) groups is 2. The number of likely N-dealkylation sites (tertiary alicyclic amines) is 1. The fourth-order valence-electron chi connectivity index (χ4n) is 4.32. The van der Waals surface area contributed by atoms with Crippen LogP contribution in [0.5, 0.6) is 11.6 Å². The molecule has 1 spiro atoms. The van der Waals surface area contributed by atoms with Crippen molar-refractivity contribution in [2.75, 3.05) is 38.4 Å². The van der Waals surface area contributed by atoms with E-state index in [4.69, 9.17) is 24.2 Å². The van der Waals surface area contributed by atoms with Crippen LogP contribution in [-0.4, -0.2) is 77.5 Å². The Labute approximate surface area is 226 Å². The first-order valence-electron chi connectivity index (χ1n) is 12.3. The van der Waals surface area contributed by atoms with E-state index in [0.717, 1.165) is 11.3 Å². The maximum Gasteiger partial charge on any atom is 0.410 e. The number of piperidine rings is 1. The third-order valence-corrected chi connectivity index (χ3v) is 7.06. The minimum atomic E-state index is -0.758. The van der Waals surface area contributed by atoms with Crippen LogP contribution < -0.4 is 14.8 Å². The number of ether oxygens (including phenoxy) is 3. The quantitative estimate of drug-likeness (QED) is 0.580. The average molecular weight is 540 g/mol. The fraction of sp³-hybridized carbons (Fsp3) is 0.444. The highest BCUT2D eigenvalue weighted by Gasteiger charge is 2.47. The van der Waals surface area contributed by atoms with Crippen molar-refractivity contribution in [3.8, 4) is 11.6 Å². The number of methoxy groups -OCH3 is 2. The normalized spacial score (nSPS) is 20.7. The number of benzene rings is 1. The summed E-state index contributed by atoms with van der Waals surface area (Å²) in [7, 11) is 3.16. The van der Waals surface area contributed by atoms with Crippen molar-refractivity contribution in [2.45, 2.75) is 44.4 Å². The zero-order valence-electron chi connectivity index (χ0n) is 22.3. The second-order valence-corrected chi connectivity index (χ2v) is 11.0. The Morgan fingerprint density at radius 3 is 2.53 bits per heavy atom. The molecule has 0 bridgehead atoms. The van der Waals surface area contributed by atoms with Crippen LogP contribution >= 0.6 is 11.8 Å². The molecule has 1 N–H and O–H groups in total. The average Bonchev–Trinajstić information content (AvgIpc) is 3.30. The van der Waals surface area contributed by atoms with E-state index in [0.29, 0.717) is 36.1 Å². The van der Waals surface area contributed by atoms with Gasteiger partial charge in [0.05, 0.1) is 38.1 Å². The number of nitrogens with zero attached hydrogens (tertiary/aromatic N) is 4. The van der Waals surface area contributed by atoms with Gasteiger partial charge < -0.3 is 24.4 Å². The lowest BCUT2D eigenvalue weighted by molar-refractivity contribution is -0.113. The van der Waals surface area contributed by atoms with Crippen molar-refractivity contribution in [3.63, 3.8) is 0 Å². The summed E-state index contributed by atoms with van der Waals surface area (Å²) in [6.45, 7) is 6.44. The predicted octanol–water partition coefficient (Wildman–Crippen LogP) is 4.37. The molecule has 10 nitrogen and oxygen atoms in total. The Bertz CT molecular complexity index is 1210. The van der Waals surface area contributed by atoms with Gasteiger partial charge in [0.1, 0.15) is 16.4 Å². The van der Waals surface area contributed by atoms with Crippen LogP contribution in [0.2, 0.25) is 0 Å². The molecule has 2 aromatic rings. The Morgan fingerprint density at radius 2 is 1.89 bits per heavy atom. The summed E-state index contributed by atoms with van der Waals surface area (Å²) in [5, 5.41) is 3.50. The predicted molar refractivity (Wildman–Crippen MR) is 149 cm³/mol. The number of carbonyl (C=O) groups is 2. The number of hydrogen-bond donors (Lipinski definition) is 1. The van der Waals surface area contributed by atoms with E-state index >= 15 is 0 Å². The molecule has 1 aromatic carbocycles. The molecule has 2 aliphatic rings. The molecular weight excluding hydrogens is 506 g/mol. The molecule has 2 atom stereocenters. The molecule has 2 amide bonds. The van der Waals surface area contributed by atoms with Gasteiger partial charge in [-0.25, -0.2) is 14.8 Å². The van der Waals surface area contributed by atoms with Gasteiger partial charge in [0.2, 0.25) is 11.8 Å². The Morgan fingerprint density at radius 1 is 1.13 bits per heavy atom. The van der Waals surface area contributed by atoms with Crippen LogP contribution in [0.25, 0.3) is 0 Å². The number of pyridine rings is 1. The van der Waals surface area contributed by atoms with Crippen LogP contribution in [0.15, 0.2) is 52.6 Å². The highest BCUT2D eigenvalue weighted by Crippen LogP contribution is 2.43. The molecule has 0 aliphatic carbocycles. The molecule has 3 heterocycles. The standard InChI is InChI=1S/C27H33N5O5S/c1-26(2,3)37-25(34)32-13-12-27(21(16-32)18-6-9-20(35-4)10-7-18)29-15-24(31-27)38-17-22(33)30-19-8-11-23(36-5)28-14-19/h6-11,14-15,21H,12-13,16-17H2,1-5H3,(H,30,33). The van der Waals surface area contributed by atoms with E-state index in [1.54, 1.807) is 36.6 Å². The van der Waals surface area contributed by atoms with Crippen molar-refractivity contribution in [1.82, 2.24) is 9.88 Å². The Balaban J connectivity index is 1.47. The third-order valence-electron chi connectivity index (χ3n) is 6.16. The molecule has 0 saturated carbocycles. The Kier molecular flexibility index (Phi) is 8.25. The number of rotatable bonds is 6. The summed E-state index contributed by atoms with van der Waals surface area (Å²) >= 11 is 1.32. The van der Waals surface area contributed by atoms with E-state index in [1.807, 2.05) is 45.0 Å². The van der Waals surface area contributed by atoms with Crippen molar-refractivity contribution < 1.29 is 23.8 Å². The first-order chi connectivity index (χ1) is 18.1. The van der Waals surface area contributed by atoms with Gasteiger partial charge in [0.25, 0.3) is 0 Å². The molecule has 2 unspecified atom stereocenters. The number of carbonyl (C=O) groups excluding carboxylic acids is 2. The van der Waals surface area contributed by atoms with Gasteiger partial charge in [0.15, 0.2) is 5.66 Å². The lowest BCUT2D eigenvalue weighted by Crippen LogP contribution is -2.51. The van der Waals surface area contributed by atoms with Crippen LogP contribution in [0.4, 0.5) is 10.5 Å². The largest absolute Gasteiger partial charge is 0.497 e. The van der Waals surface area contributed by atoms with Crippen LogP contribution in [0, 0.1) is 0 Å². The minimum Gasteiger partial charge on any atom is -0.497 e. The highest BCUT2D eigenvalue weighted by atomic mass is 32.2. The Hall–Kier alpha value is -3.60. The van der Waals surface area contributed by atoms with Crippen molar-refractivity contribution in [3.05, 3.63) is 48.2 Å². The summed E-state index contributed by atoms with van der Waals surface area (Å²) in [6, 6.07) is 11.2. The molecule has 1 fully saturated rings. The van der Waals surface area contributed by atoms with E-state index in [1.165, 1.54) is 18.9 Å². The van der Waals surface area contributed by atoms with Crippen LogP contribution in [-0.2, 0) is 9.53 Å². The van der Waals surface area contributed by atoms with E-state index < -0.39 is 11.3 Å². The van der Waals surface area contributed by atoms with Gasteiger partial charge in [0, 0.05) is 31.5 Å². The van der Waals surface area contributed by atoms with Gasteiger partial charge in [-0.1, -0.05) is 23.9 Å². The number of anilines is 1. The monoisotopic (exact) mass is 539 g/mol. The number of amides is 2. The molecule has 11 heteroatoms. The molecule has 1 aromatic heterocycles. The molecule has 202 valence electrons. The molecule has 2 aliphatic heterocycles. The summed E-state index contributed by atoms with van der Waals surface area (Å²) in [4.78, 5) is 41.0. The van der Waals surface area contributed by atoms with E-state index in [2.05, 4.69) is 10.3 Å². The van der Waals surface area contributed by atoms with Crippen molar-refractivity contribution in [2.24, 2.45) is 9.98 Å². The number of hydrogen-bond acceptors (Lipinski definition) is 9. The topological polar surface area (TPSA) is 115 Å². The van der Waals surface area contributed by atoms with Crippen LogP contribution in [0.3, 0.4) is 0 Å². The first kappa shape index (κ1) is 27.4. The zero-order chi connectivity index (χ0) is 27.3. The SMILES string of the molecule is COc1ccc(C2CN(C(=O)OC(C)(C)C)CCC23N=CC(SCC(=O)Nc2ccc(OC)nc2)=N3)cc1. The summed E-state index contributed by atoms with van der Waals surface area (Å²) in [5.74, 6) is 1.02. The van der Waals surface area contributed by atoms with Gasteiger partial charge in [-0.05, 0) is 44.5 Å². The van der Waals surface area contributed by atoms with E-state index in [9.17, 15) is 9.59 Å². The minimum absolute atomic E-state index is 0.171. The summed E-state index contributed by atoms with van der Waals surface area (Å²) < 4.78 is 16.0. The van der Waals surface area contributed by atoms with Crippen molar-refractivity contribution in [1.29, 1.82) is 0 Å². The maximum atomic E-state index is 12.9. The second kappa shape index (κ2) is 11.4. The lowest BCUT2D eigenvalue weighted by Gasteiger charge is -2.42. The van der Waals surface area contributed by atoms with Gasteiger partial charge in [-0.2, -0.15) is 0 Å². The molecule has 1 saturated heterocycles. The van der Waals surface area contributed by atoms with Gasteiger partial charge in [-0.15, -0.1) is 0 Å². The van der Waals surface area contributed by atoms with Gasteiger partial charge in [-0.3, -0.25) is 9.79 Å². The number of thioether (sulfide) groups is 1. The smallest absolute Gasteiger partial charge is 0.410 e. The molecule has 4 rings (SSSR count). The van der Waals surface area contributed by atoms with Gasteiger partial charge >= 0.3 is 6.09 Å². The molecule has 38 heavy (non-hydrogen) atoms. The first-order valence-corrected chi connectivity index (χ1v) is 13.3. The van der Waals surface area contributed by atoms with E-state index in [-0.39, 0.29) is 23.7 Å². The second-order valence-electron chi connectivity index (χ2n) is 10.0. The molecule has 0 radical (unpaired) electrons. The summed E-state index contributed by atoms with van der Waals surface area (Å²) in [6.07, 6.45) is 3.46. The fourth-order valence-corrected chi connectivity index (χ4v) is 5.02. The van der Waals surface area contributed by atoms with Crippen LogP contribution in [0.1, 0.15) is 38.7 Å². The number of aromatic nitrogens is 1. The number of nitrogens with one attached hydrogen (secondary N) is 1.